The average molecular weight is 644 g/mol. The molecule has 3 heterocycles. The van der Waals surface area contributed by atoms with Crippen LogP contribution < -0.4 is 11.1 Å². The van der Waals surface area contributed by atoms with Crippen molar-refractivity contribution in [3.05, 3.63) is 71.0 Å². The molecular weight excluding hydrogens is 621 g/mol. The Labute approximate surface area is 249 Å². The van der Waals surface area contributed by atoms with Gasteiger partial charge in [-0.3, -0.25) is 19.9 Å². The largest absolute Gasteiger partial charge is 0.416 e. The van der Waals surface area contributed by atoms with Crippen molar-refractivity contribution >= 4 is 35.3 Å². The zero-order valence-electron chi connectivity index (χ0n) is 22.3. The van der Waals surface area contributed by atoms with Gasteiger partial charge in [0, 0.05) is 23.2 Å². The summed E-state index contributed by atoms with van der Waals surface area (Å²) >= 11 is 5.82. The zero-order valence-corrected chi connectivity index (χ0v) is 23.1. The van der Waals surface area contributed by atoms with Crippen molar-refractivity contribution in [3.63, 3.8) is 0 Å². The molecule has 4 rings (SSSR count). The number of urea groups is 1. The van der Waals surface area contributed by atoms with E-state index in [1.165, 1.54) is 42.6 Å². The number of alkyl halides is 5. The molecule has 0 bridgehead atoms. The van der Waals surface area contributed by atoms with Crippen LogP contribution in [0.1, 0.15) is 28.3 Å². The summed E-state index contributed by atoms with van der Waals surface area (Å²) in [5.41, 5.74) is 4.87. The summed E-state index contributed by atoms with van der Waals surface area (Å²) in [5.74, 6) is -6.27. The molecule has 2 atom stereocenters. The number of aliphatic hydroxyl groups excluding tert-OH is 1. The molecule has 1 aliphatic heterocycles. The van der Waals surface area contributed by atoms with Crippen LogP contribution in [0.15, 0.2) is 48.9 Å². The molecule has 1 aliphatic rings. The van der Waals surface area contributed by atoms with Crippen LogP contribution in [0.5, 0.6) is 0 Å². The highest BCUT2D eigenvalue weighted by atomic mass is 35.5. The van der Waals surface area contributed by atoms with E-state index >= 15 is 0 Å². The summed E-state index contributed by atoms with van der Waals surface area (Å²) in [5, 5.41) is 24.5. The van der Waals surface area contributed by atoms with E-state index in [9.17, 15) is 41.4 Å². The second-order valence-corrected chi connectivity index (χ2v) is 10.0. The predicted octanol–water partition coefficient (Wildman–Crippen LogP) is 2.11. The van der Waals surface area contributed by atoms with Crippen LogP contribution in [0.3, 0.4) is 0 Å². The first-order valence-corrected chi connectivity index (χ1v) is 12.9. The minimum Gasteiger partial charge on any atom is -0.382 e. The third-order valence-electron chi connectivity index (χ3n) is 6.40. The van der Waals surface area contributed by atoms with Gasteiger partial charge in [-0.05, 0) is 36.4 Å². The standard InChI is InChI=1S/C25H23ClF5N9O4/c26-14-5-3-13(4-6-14)20(32)38(10-17(41)25(29,30)31)23(44)35-9-18-36-12-40(37-18)15-2-1-7-34-19(15)22(43)39-11-24(27,28)8-16(39)21(33)42/h1-7,12,16-17,32,41H,8-11H2,(H2,33,42)(H,35,44)/t16-,17+/m0/s1. The number of benzene rings is 1. The van der Waals surface area contributed by atoms with E-state index in [0.29, 0.717) is 9.80 Å². The normalized spacial score (nSPS) is 16.8. The number of nitrogens with zero attached hydrogens (tertiary/aromatic N) is 6. The highest BCUT2D eigenvalue weighted by Crippen LogP contribution is 2.33. The monoisotopic (exact) mass is 643 g/mol. The number of rotatable bonds is 8. The molecule has 13 nitrogen and oxygen atoms in total. The average Bonchev–Trinajstić information content (AvgIpc) is 3.57. The summed E-state index contributed by atoms with van der Waals surface area (Å²) in [4.78, 5) is 46.7. The lowest BCUT2D eigenvalue weighted by atomic mass is 10.1. The zero-order chi connectivity index (χ0) is 32.4. The third-order valence-corrected chi connectivity index (χ3v) is 6.65. The first-order valence-electron chi connectivity index (χ1n) is 12.6. The fourth-order valence-electron chi connectivity index (χ4n) is 4.23. The Kier molecular flexibility index (Phi) is 9.14. The number of pyridine rings is 1. The maximum absolute atomic E-state index is 14.0. The Hall–Kier alpha value is -4.71. The number of hydrogen-bond donors (Lipinski definition) is 4. The number of hydrogen-bond acceptors (Lipinski definition) is 8. The van der Waals surface area contributed by atoms with Gasteiger partial charge in [-0.15, -0.1) is 5.10 Å². The topological polar surface area (TPSA) is 183 Å². The smallest absolute Gasteiger partial charge is 0.382 e. The van der Waals surface area contributed by atoms with Gasteiger partial charge in [0.1, 0.15) is 18.2 Å². The number of carbonyl (C=O) groups excluding carboxylic acids is 3. The molecule has 0 unspecified atom stereocenters. The lowest BCUT2D eigenvalue weighted by Crippen LogP contribution is -2.50. The summed E-state index contributed by atoms with van der Waals surface area (Å²) in [6.45, 7) is -2.85. The first-order chi connectivity index (χ1) is 20.6. The third kappa shape index (κ3) is 7.25. The Bertz CT molecular complexity index is 1570. The minimum atomic E-state index is -5.08. The maximum Gasteiger partial charge on any atom is 0.416 e. The van der Waals surface area contributed by atoms with Crippen LogP contribution in [-0.2, 0) is 11.3 Å². The Morgan fingerprint density at radius 3 is 2.52 bits per heavy atom. The van der Waals surface area contributed by atoms with Gasteiger partial charge < -0.3 is 21.1 Å². The molecule has 19 heteroatoms. The van der Waals surface area contributed by atoms with Crippen LogP contribution in [-0.4, -0.2) is 95.7 Å². The van der Waals surface area contributed by atoms with Gasteiger partial charge in [-0.1, -0.05) is 11.6 Å². The van der Waals surface area contributed by atoms with Gasteiger partial charge in [0.25, 0.3) is 11.8 Å². The molecule has 234 valence electrons. The van der Waals surface area contributed by atoms with E-state index in [1.807, 2.05) is 0 Å². The van der Waals surface area contributed by atoms with E-state index in [0.717, 1.165) is 11.0 Å². The lowest BCUT2D eigenvalue weighted by Gasteiger charge is -2.27. The van der Waals surface area contributed by atoms with Gasteiger partial charge in [0.2, 0.25) is 5.91 Å². The van der Waals surface area contributed by atoms with Gasteiger partial charge in [0.05, 0.1) is 25.3 Å². The quantitative estimate of drug-likeness (QED) is 0.165. The Morgan fingerprint density at radius 2 is 1.89 bits per heavy atom. The maximum atomic E-state index is 14.0. The molecule has 0 radical (unpaired) electrons. The molecular formula is C25H23ClF5N9O4. The van der Waals surface area contributed by atoms with E-state index in [-0.39, 0.29) is 27.8 Å². The number of likely N-dealkylation sites (tertiary alicyclic amines) is 1. The molecule has 0 saturated carbocycles. The number of primary amides is 1. The molecule has 1 aromatic carbocycles. The molecule has 4 amide bonds. The summed E-state index contributed by atoms with van der Waals surface area (Å²) in [7, 11) is 0. The van der Waals surface area contributed by atoms with Crippen molar-refractivity contribution in [1.29, 1.82) is 5.41 Å². The molecule has 2 aromatic heterocycles. The summed E-state index contributed by atoms with van der Waals surface area (Å²) < 4.78 is 68.3. The van der Waals surface area contributed by atoms with Crippen molar-refractivity contribution < 1.29 is 41.4 Å². The number of carbonyl (C=O) groups is 3. The number of aliphatic hydroxyl groups is 1. The second-order valence-electron chi connectivity index (χ2n) is 9.57. The Morgan fingerprint density at radius 1 is 1.20 bits per heavy atom. The van der Waals surface area contributed by atoms with Gasteiger partial charge >= 0.3 is 12.2 Å². The number of amides is 4. The van der Waals surface area contributed by atoms with Crippen molar-refractivity contribution in [2.45, 2.75) is 37.2 Å². The van der Waals surface area contributed by atoms with E-state index < -0.39 is 74.0 Å². The second kappa shape index (κ2) is 12.5. The predicted molar refractivity (Wildman–Crippen MR) is 142 cm³/mol. The number of aromatic nitrogens is 4. The fraction of sp³-hybridized carbons (Fsp3) is 0.320. The van der Waals surface area contributed by atoms with Crippen LogP contribution >= 0.6 is 11.6 Å². The van der Waals surface area contributed by atoms with Gasteiger partial charge in [0.15, 0.2) is 17.6 Å². The molecule has 1 saturated heterocycles. The van der Waals surface area contributed by atoms with Crippen molar-refractivity contribution in [2.24, 2.45) is 5.73 Å². The molecule has 3 aromatic rings. The number of halogens is 6. The SMILES string of the molecule is N=C(c1ccc(Cl)cc1)N(C[C@@H](O)C(F)(F)F)C(=O)NCc1ncn(-c2cccnc2C(=O)N2CC(F)(F)C[C@H]2C(N)=O)n1. The van der Waals surface area contributed by atoms with Crippen LogP contribution in [0.2, 0.25) is 5.02 Å². The lowest BCUT2D eigenvalue weighted by molar-refractivity contribution is -0.204. The van der Waals surface area contributed by atoms with Crippen molar-refractivity contribution in [1.82, 2.24) is 34.9 Å². The van der Waals surface area contributed by atoms with E-state index in [1.54, 1.807) is 0 Å². The number of nitrogens with one attached hydrogen (secondary N) is 2. The fourth-order valence-corrected chi connectivity index (χ4v) is 4.35. The molecule has 0 spiro atoms. The van der Waals surface area contributed by atoms with Gasteiger partial charge in [-0.2, -0.15) is 13.2 Å². The van der Waals surface area contributed by atoms with Crippen LogP contribution in [0, 0.1) is 5.41 Å². The molecule has 44 heavy (non-hydrogen) atoms. The summed E-state index contributed by atoms with van der Waals surface area (Å²) in [6, 6.07) is 5.32. The van der Waals surface area contributed by atoms with Crippen molar-refractivity contribution in [3.8, 4) is 5.69 Å². The highest BCUT2D eigenvalue weighted by molar-refractivity contribution is 6.30. The number of nitrogens with two attached hydrogens (primary N) is 1. The summed E-state index contributed by atoms with van der Waals surface area (Å²) in [6.07, 6.45) is -6.69. The van der Waals surface area contributed by atoms with E-state index in [4.69, 9.17) is 22.7 Å². The van der Waals surface area contributed by atoms with Gasteiger partial charge in [-0.25, -0.2) is 28.2 Å². The van der Waals surface area contributed by atoms with Crippen LogP contribution in [0.4, 0.5) is 26.7 Å². The molecule has 1 fully saturated rings. The number of amidine groups is 1. The van der Waals surface area contributed by atoms with E-state index in [2.05, 4.69) is 20.4 Å². The first kappa shape index (κ1) is 32.2. The van der Waals surface area contributed by atoms with Crippen molar-refractivity contribution in [2.75, 3.05) is 13.1 Å². The molecule has 5 N–H and O–H groups in total. The molecule has 0 aliphatic carbocycles. The van der Waals surface area contributed by atoms with Crippen LogP contribution in [0.25, 0.3) is 5.69 Å². The minimum absolute atomic E-state index is 0.0274. The Balaban J connectivity index is 1.52. The highest BCUT2D eigenvalue weighted by Gasteiger charge is 2.50.